The number of amides is 1. The minimum absolute atomic E-state index is 0.226. The van der Waals surface area contributed by atoms with Crippen molar-refractivity contribution < 1.29 is 13.6 Å². The number of hydrogen-bond donors (Lipinski definition) is 2. The molecule has 4 nitrogen and oxygen atoms in total. The second-order valence-corrected chi connectivity index (χ2v) is 4.75. The van der Waals surface area contributed by atoms with Crippen LogP contribution in [0.1, 0.15) is 15.4 Å². The summed E-state index contributed by atoms with van der Waals surface area (Å²) in [7, 11) is 0. The molecule has 0 aliphatic heterocycles. The van der Waals surface area contributed by atoms with Crippen LogP contribution in [-0.2, 0) is 0 Å². The molecule has 2 aromatic heterocycles. The number of nitrogens with one attached hydrogen (secondary N) is 1. The maximum absolute atomic E-state index is 12.0. The lowest BCUT2D eigenvalue weighted by Gasteiger charge is -2.02. The summed E-state index contributed by atoms with van der Waals surface area (Å²) in [6.07, 6.45) is -2.58. The lowest BCUT2D eigenvalue weighted by atomic mass is 10.2. The normalized spacial score (nSPS) is 11.1. The summed E-state index contributed by atoms with van der Waals surface area (Å²) < 4.78 is 24.0. The number of carbonyl (C=O) groups excluding carboxylic acids is 1. The quantitative estimate of drug-likeness (QED) is 0.899. The van der Waals surface area contributed by atoms with E-state index in [1.165, 1.54) is 0 Å². The highest BCUT2D eigenvalue weighted by Gasteiger charge is 2.17. The standard InChI is InChI=1S/C11H11F2N3OS/c1-5-2-3-6-8(14)9(18-11(6)16-5)10(17)15-4-7(12)13/h2-3,7H,4,14H2,1H3,(H,15,17). The Kier molecular flexibility index (Phi) is 3.42. The summed E-state index contributed by atoms with van der Waals surface area (Å²) in [4.78, 5) is 16.8. The van der Waals surface area contributed by atoms with Gasteiger partial charge in [0.15, 0.2) is 0 Å². The molecule has 3 N–H and O–H groups in total. The number of hydrogen-bond acceptors (Lipinski definition) is 4. The Morgan fingerprint density at radius 1 is 1.56 bits per heavy atom. The topological polar surface area (TPSA) is 68.0 Å². The molecule has 0 unspecified atom stereocenters. The van der Waals surface area contributed by atoms with Gasteiger partial charge in [0.05, 0.1) is 12.2 Å². The third-order valence-electron chi connectivity index (χ3n) is 2.36. The monoisotopic (exact) mass is 271 g/mol. The lowest BCUT2D eigenvalue weighted by molar-refractivity contribution is 0.0896. The van der Waals surface area contributed by atoms with E-state index < -0.39 is 18.9 Å². The summed E-state index contributed by atoms with van der Waals surface area (Å²) in [5, 5.41) is 2.80. The van der Waals surface area contributed by atoms with Crippen LogP contribution in [0.3, 0.4) is 0 Å². The SMILES string of the molecule is Cc1ccc2c(N)c(C(=O)NCC(F)F)sc2n1. The van der Waals surface area contributed by atoms with Crippen molar-refractivity contribution in [3.05, 3.63) is 22.7 Å². The van der Waals surface area contributed by atoms with E-state index in [1.807, 2.05) is 6.92 Å². The van der Waals surface area contributed by atoms with Crippen LogP contribution in [0.15, 0.2) is 12.1 Å². The average Bonchev–Trinajstić information content (AvgIpc) is 2.63. The number of nitrogen functional groups attached to an aromatic ring is 1. The molecule has 0 bridgehead atoms. The van der Waals surface area contributed by atoms with Crippen molar-refractivity contribution in [3.8, 4) is 0 Å². The summed E-state index contributed by atoms with van der Waals surface area (Å²) in [5.41, 5.74) is 6.91. The predicted molar refractivity (Wildman–Crippen MR) is 67.1 cm³/mol. The summed E-state index contributed by atoms with van der Waals surface area (Å²) in [5.74, 6) is -0.589. The Morgan fingerprint density at radius 3 is 2.94 bits per heavy atom. The van der Waals surface area contributed by atoms with E-state index in [4.69, 9.17) is 5.73 Å². The number of aromatic nitrogens is 1. The number of thiophene rings is 1. The third-order valence-corrected chi connectivity index (χ3v) is 3.47. The van der Waals surface area contributed by atoms with Crippen LogP contribution in [0.25, 0.3) is 10.2 Å². The highest BCUT2D eigenvalue weighted by Crippen LogP contribution is 2.32. The molecule has 18 heavy (non-hydrogen) atoms. The van der Waals surface area contributed by atoms with Crippen LogP contribution >= 0.6 is 11.3 Å². The average molecular weight is 271 g/mol. The van der Waals surface area contributed by atoms with Gasteiger partial charge in [-0.2, -0.15) is 0 Å². The van der Waals surface area contributed by atoms with Crippen molar-refractivity contribution in [1.29, 1.82) is 0 Å². The minimum atomic E-state index is -2.58. The molecule has 0 saturated heterocycles. The minimum Gasteiger partial charge on any atom is -0.397 e. The molecule has 0 fully saturated rings. The van der Waals surface area contributed by atoms with E-state index in [0.717, 1.165) is 17.0 Å². The van der Waals surface area contributed by atoms with Crippen LogP contribution in [0.5, 0.6) is 0 Å². The summed E-state index contributed by atoms with van der Waals surface area (Å²) in [6, 6.07) is 3.56. The van der Waals surface area contributed by atoms with Crippen LogP contribution in [0, 0.1) is 6.92 Å². The van der Waals surface area contributed by atoms with Crippen LogP contribution in [0.4, 0.5) is 14.5 Å². The molecular formula is C11H11F2N3OS. The van der Waals surface area contributed by atoms with Gasteiger partial charge in [-0.3, -0.25) is 4.79 Å². The Labute approximate surface area is 106 Å². The van der Waals surface area contributed by atoms with Gasteiger partial charge < -0.3 is 11.1 Å². The summed E-state index contributed by atoms with van der Waals surface area (Å²) in [6.45, 7) is 1.14. The summed E-state index contributed by atoms with van der Waals surface area (Å²) >= 11 is 1.10. The van der Waals surface area contributed by atoms with Crippen molar-refractivity contribution in [3.63, 3.8) is 0 Å². The zero-order valence-electron chi connectivity index (χ0n) is 9.54. The first kappa shape index (κ1) is 12.7. The number of nitrogens with two attached hydrogens (primary N) is 1. The van der Waals surface area contributed by atoms with Gasteiger partial charge in [0, 0.05) is 11.1 Å². The van der Waals surface area contributed by atoms with Crippen molar-refractivity contribution in [1.82, 2.24) is 10.3 Å². The molecule has 96 valence electrons. The van der Waals surface area contributed by atoms with Gasteiger partial charge in [-0.1, -0.05) is 0 Å². The van der Waals surface area contributed by atoms with Gasteiger partial charge in [0.25, 0.3) is 12.3 Å². The number of anilines is 1. The second-order valence-electron chi connectivity index (χ2n) is 3.75. The molecular weight excluding hydrogens is 260 g/mol. The van der Waals surface area contributed by atoms with Crippen molar-refractivity contribution in [2.45, 2.75) is 13.3 Å². The van der Waals surface area contributed by atoms with Crippen LogP contribution in [-0.4, -0.2) is 23.9 Å². The smallest absolute Gasteiger partial charge is 0.263 e. The van der Waals surface area contributed by atoms with E-state index in [1.54, 1.807) is 12.1 Å². The number of fused-ring (bicyclic) bond motifs is 1. The molecule has 0 atom stereocenters. The predicted octanol–water partition coefficient (Wildman–Crippen LogP) is 2.18. The van der Waals surface area contributed by atoms with Gasteiger partial charge in [-0.15, -0.1) is 11.3 Å². The van der Waals surface area contributed by atoms with Crippen molar-refractivity contribution >= 4 is 33.1 Å². The molecule has 2 rings (SSSR count). The molecule has 1 amide bonds. The second kappa shape index (κ2) is 4.85. The fraction of sp³-hybridized carbons (Fsp3) is 0.273. The van der Waals surface area contributed by atoms with Crippen LogP contribution < -0.4 is 11.1 Å². The highest BCUT2D eigenvalue weighted by atomic mass is 32.1. The van der Waals surface area contributed by atoms with Gasteiger partial charge in [0.2, 0.25) is 0 Å². The Hall–Kier alpha value is -1.76. The van der Waals surface area contributed by atoms with Gasteiger partial charge in [0.1, 0.15) is 9.71 Å². The molecule has 0 spiro atoms. The number of rotatable bonds is 3. The molecule has 0 aliphatic rings. The van der Waals surface area contributed by atoms with Gasteiger partial charge in [-0.25, -0.2) is 13.8 Å². The number of carbonyl (C=O) groups is 1. The number of aryl methyl sites for hydroxylation is 1. The largest absolute Gasteiger partial charge is 0.397 e. The van der Waals surface area contributed by atoms with Gasteiger partial charge >= 0.3 is 0 Å². The number of pyridine rings is 1. The first-order chi connectivity index (χ1) is 8.49. The maximum Gasteiger partial charge on any atom is 0.263 e. The Bertz CT molecular complexity index is 597. The van der Waals surface area contributed by atoms with Crippen LogP contribution in [0.2, 0.25) is 0 Å². The molecule has 7 heteroatoms. The Morgan fingerprint density at radius 2 is 2.28 bits per heavy atom. The van der Waals surface area contributed by atoms with E-state index in [9.17, 15) is 13.6 Å². The molecule has 0 aromatic carbocycles. The molecule has 0 aliphatic carbocycles. The van der Waals surface area contributed by atoms with Crippen molar-refractivity contribution in [2.75, 3.05) is 12.3 Å². The zero-order chi connectivity index (χ0) is 13.3. The number of nitrogens with zero attached hydrogens (tertiary/aromatic N) is 1. The Balaban J connectivity index is 2.33. The van der Waals surface area contributed by atoms with E-state index >= 15 is 0 Å². The highest BCUT2D eigenvalue weighted by molar-refractivity contribution is 7.21. The van der Waals surface area contributed by atoms with E-state index in [-0.39, 0.29) is 10.6 Å². The fourth-order valence-corrected chi connectivity index (χ4v) is 2.56. The zero-order valence-corrected chi connectivity index (χ0v) is 10.4. The van der Waals surface area contributed by atoms with E-state index in [2.05, 4.69) is 10.3 Å². The van der Waals surface area contributed by atoms with Crippen molar-refractivity contribution in [2.24, 2.45) is 0 Å². The van der Waals surface area contributed by atoms with Gasteiger partial charge in [-0.05, 0) is 19.1 Å². The molecule has 0 saturated carbocycles. The molecule has 2 aromatic rings. The maximum atomic E-state index is 12.0. The van der Waals surface area contributed by atoms with E-state index in [0.29, 0.717) is 10.2 Å². The fourth-order valence-electron chi connectivity index (χ4n) is 1.51. The number of halogens is 2. The first-order valence-electron chi connectivity index (χ1n) is 5.21. The number of alkyl halides is 2. The third kappa shape index (κ3) is 2.40. The lowest BCUT2D eigenvalue weighted by Crippen LogP contribution is -2.28. The molecule has 0 radical (unpaired) electrons. The molecule has 2 heterocycles. The first-order valence-corrected chi connectivity index (χ1v) is 6.02.